The van der Waals surface area contributed by atoms with Crippen LogP contribution in [0.25, 0.3) is 0 Å². The highest BCUT2D eigenvalue weighted by Crippen LogP contribution is 2.38. The fourth-order valence-electron chi connectivity index (χ4n) is 2.99. The molecular formula is C14H20N2O. The molecule has 1 aromatic carbocycles. The first-order valence-electron chi connectivity index (χ1n) is 6.62. The summed E-state index contributed by atoms with van der Waals surface area (Å²) in [6.07, 6.45) is 2.35. The molecule has 0 aliphatic carbocycles. The van der Waals surface area contributed by atoms with Gasteiger partial charge in [-0.25, -0.2) is 0 Å². The monoisotopic (exact) mass is 232 g/mol. The largest absolute Gasteiger partial charge is 0.494 e. The Morgan fingerprint density at radius 3 is 3.29 bits per heavy atom. The number of hydrogen-bond donors (Lipinski definition) is 1. The minimum atomic E-state index is 0.620. The third-order valence-corrected chi connectivity index (χ3v) is 3.73. The average Bonchev–Trinajstić information content (AvgIpc) is 2.55. The van der Waals surface area contributed by atoms with Gasteiger partial charge in [-0.15, -0.1) is 0 Å². The molecule has 92 valence electrons. The molecule has 0 spiro atoms. The Kier molecular flexibility index (Phi) is 2.93. The highest BCUT2D eigenvalue weighted by molar-refractivity contribution is 5.64. The van der Waals surface area contributed by atoms with E-state index >= 15 is 0 Å². The molecule has 2 aliphatic heterocycles. The molecule has 3 rings (SSSR count). The first-order chi connectivity index (χ1) is 8.40. The summed E-state index contributed by atoms with van der Waals surface area (Å²) in [6, 6.07) is 7.07. The number of anilines is 1. The maximum absolute atomic E-state index is 5.74. The standard InChI is InChI=1S/C14H20N2O/c1-2-17-14-6-3-5-13-12(14)9-11-10-15-7-4-8-16(11)13/h3,5-6,11,15H,2,4,7-10H2,1H3. The van der Waals surface area contributed by atoms with Gasteiger partial charge in [0.05, 0.1) is 6.61 Å². The van der Waals surface area contributed by atoms with E-state index < -0.39 is 0 Å². The highest BCUT2D eigenvalue weighted by atomic mass is 16.5. The molecule has 0 bridgehead atoms. The maximum atomic E-state index is 5.74. The molecule has 1 fully saturated rings. The fraction of sp³-hybridized carbons (Fsp3) is 0.571. The van der Waals surface area contributed by atoms with Crippen LogP contribution >= 0.6 is 0 Å². The van der Waals surface area contributed by atoms with Crippen LogP contribution in [0.4, 0.5) is 5.69 Å². The lowest BCUT2D eigenvalue weighted by Crippen LogP contribution is -2.36. The molecular weight excluding hydrogens is 212 g/mol. The summed E-state index contributed by atoms with van der Waals surface area (Å²) in [5, 5.41) is 3.52. The Bertz CT molecular complexity index is 405. The van der Waals surface area contributed by atoms with Crippen LogP contribution in [0.15, 0.2) is 18.2 Å². The first kappa shape index (κ1) is 10.9. The third kappa shape index (κ3) is 1.89. The number of nitrogens with one attached hydrogen (secondary N) is 1. The molecule has 1 atom stereocenters. The van der Waals surface area contributed by atoms with Crippen molar-refractivity contribution in [2.75, 3.05) is 31.1 Å². The minimum Gasteiger partial charge on any atom is -0.494 e. The predicted octanol–water partition coefficient (Wildman–Crippen LogP) is 1.81. The molecule has 3 heteroatoms. The van der Waals surface area contributed by atoms with E-state index in [0.29, 0.717) is 6.04 Å². The first-order valence-corrected chi connectivity index (χ1v) is 6.62. The minimum absolute atomic E-state index is 0.620. The zero-order chi connectivity index (χ0) is 11.7. The molecule has 1 aromatic rings. The van der Waals surface area contributed by atoms with Crippen molar-refractivity contribution < 1.29 is 4.74 Å². The summed E-state index contributed by atoms with van der Waals surface area (Å²) in [5.41, 5.74) is 2.80. The second-order valence-corrected chi connectivity index (χ2v) is 4.80. The van der Waals surface area contributed by atoms with Crippen LogP contribution < -0.4 is 15.0 Å². The van der Waals surface area contributed by atoms with Crippen LogP contribution in [-0.2, 0) is 6.42 Å². The molecule has 0 radical (unpaired) electrons. The van der Waals surface area contributed by atoms with Crippen molar-refractivity contribution in [2.24, 2.45) is 0 Å². The second-order valence-electron chi connectivity index (χ2n) is 4.80. The molecule has 0 saturated carbocycles. The quantitative estimate of drug-likeness (QED) is 0.841. The zero-order valence-corrected chi connectivity index (χ0v) is 10.4. The molecule has 0 aromatic heterocycles. The molecule has 0 amide bonds. The summed E-state index contributed by atoms with van der Waals surface area (Å²) in [7, 11) is 0. The van der Waals surface area contributed by atoms with E-state index in [1.54, 1.807) is 0 Å². The van der Waals surface area contributed by atoms with Gasteiger partial charge in [-0.05, 0) is 38.4 Å². The predicted molar refractivity (Wildman–Crippen MR) is 69.9 cm³/mol. The van der Waals surface area contributed by atoms with Crippen LogP contribution in [-0.4, -0.2) is 32.3 Å². The van der Waals surface area contributed by atoms with E-state index in [2.05, 4.69) is 28.4 Å². The Morgan fingerprint density at radius 1 is 1.47 bits per heavy atom. The van der Waals surface area contributed by atoms with Crippen LogP contribution in [0.3, 0.4) is 0 Å². The van der Waals surface area contributed by atoms with Crippen LogP contribution in [0.2, 0.25) is 0 Å². The summed E-state index contributed by atoms with van der Waals surface area (Å²) in [6.45, 7) is 6.21. The van der Waals surface area contributed by atoms with Gasteiger partial charge in [0.2, 0.25) is 0 Å². The number of benzene rings is 1. The van der Waals surface area contributed by atoms with Crippen molar-refractivity contribution in [1.82, 2.24) is 5.32 Å². The Balaban J connectivity index is 1.94. The molecule has 2 aliphatic rings. The van der Waals surface area contributed by atoms with Crippen LogP contribution in [0.5, 0.6) is 5.75 Å². The number of fused-ring (bicyclic) bond motifs is 3. The van der Waals surface area contributed by atoms with Crippen molar-refractivity contribution in [1.29, 1.82) is 0 Å². The van der Waals surface area contributed by atoms with Gasteiger partial charge < -0.3 is 15.0 Å². The molecule has 2 heterocycles. The molecule has 17 heavy (non-hydrogen) atoms. The lowest BCUT2D eigenvalue weighted by molar-refractivity contribution is 0.337. The van der Waals surface area contributed by atoms with Gasteiger partial charge >= 0.3 is 0 Å². The topological polar surface area (TPSA) is 24.5 Å². The van der Waals surface area contributed by atoms with Gasteiger partial charge in [-0.2, -0.15) is 0 Å². The number of hydrogen-bond acceptors (Lipinski definition) is 3. The van der Waals surface area contributed by atoms with Crippen LogP contribution in [0.1, 0.15) is 18.9 Å². The zero-order valence-electron chi connectivity index (χ0n) is 10.4. The lowest BCUT2D eigenvalue weighted by Gasteiger charge is -2.24. The second kappa shape index (κ2) is 4.57. The van der Waals surface area contributed by atoms with Crippen molar-refractivity contribution in [3.8, 4) is 5.75 Å². The van der Waals surface area contributed by atoms with Crippen molar-refractivity contribution in [2.45, 2.75) is 25.8 Å². The molecule has 1 saturated heterocycles. The van der Waals surface area contributed by atoms with Gasteiger partial charge in [0, 0.05) is 30.4 Å². The van der Waals surface area contributed by atoms with E-state index in [4.69, 9.17) is 4.74 Å². The normalized spacial score (nSPS) is 22.9. The number of nitrogens with zero attached hydrogens (tertiary/aromatic N) is 1. The van der Waals surface area contributed by atoms with Gasteiger partial charge in [-0.3, -0.25) is 0 Å². The Hall–Kier alpha value is -1.22. The molecule has 3 nitrogen and oxygen atoms in total. The van der Waals surface area contributed by atoms with Crippen molar-refractivity contribution in [3.63, 3.8) is 0 Å². The van der Waals surface area contributed by atoms with Crippen molar-refractivity contribution in [3.05, 3.63) is 23.8 Å². The number of ether oxygens (including phenoxy) is 1. The van der Waals surface area contributed by atoms with E-state index in [-0.39, 0.29) is 0 Å². The smallest absolute Gasteiger partial charge is 0.124 e. The molecule has 1 N–H and O–H groups in total. The summed E-state index contributed by atoms with van der Waals surface area (Å²) >= 11 is 0. The molecule has 1 unspecified atom stereocenters. The van der Waals surface area contributed by atoms with E-state index in [0.717, 1.165) is 31.9 Å². The summed E-state index contributed by atoms with van der Waals surface area (Å²) in [4.78, 5) is 2.55. The van der Waals surface area contributed by atoms with Gasteiger partial charge in [0.1, 0.15) is 5.75 Å². The van der Waals surface area contributed by atoms with E-state index in [1.165, 1.54) is 24.2 Å². The van der Waals surface area contributed by atoms with Crippen molar-refractivity contribution >= 4 is 5.69 Å². The Morgan fingerprint density at radius 2 is 2.41 bits per heavy atom. The maximum Gasteiger partial charge on any atom is 0.124 e. The van der Waals surface area contributed by atoms with Gasteiger partial charge in [-0.1, -0.05) is 6.07 Å². The fourth-order valence-corrected chi connectivity index (χ4v) is 2.99. The highest BCUT2D eigenvalue weighted by Gasteiger charge is 2.31. The SMILES string of the molecule is CCOc1cccc2c1CC1CNCCCN21. The lowest BCUT2D eigenvalue weighted by atomic mass is 10.1. The number of rotatable bonds is 2. The van der Waals surface area contributed by atoms with E-state index in [1.807, 2.05) is 6.92 Å². The summed E-state index contributed by atoms with van der Waals surface area (Å²) in [5.74, 6) is 1.08. The average molecular weight is 232 g/mol. The summed E-state index contributed by atoms with van der Waals surface area (Å²) < 4.78 is 5.74. The van der Waals surface area contributed by atoms with Gasteiger partial charge in [0.25, 0.3) is 0 Å². The third-order valence-electron chi connectivity index (χ3n) is 3.73. The van der Waals surface area contributed by atoms with E-state index in [9.17, 15) is 0 Å². The van der Waals surface area contributed by atoms with Gasteiger partial charge in [0.15, 0.2) is 0 Å². The van der Waals surface area contributed by atoms with Crippen LogP contribution in [0, 0.1) is 0 Å². The Labute approximate surface area is 103 Å².